The molecule has 9 heteroatoms. The number of aliphatic imine (C=N–C) groups is 1. The summed E-state index contributed by atoms with van der Waals surface area (Å²) in [5.74, 6) is 0.952. The van der Waals surface area contributed by atoms with Gasteiger partial charge in [-0.2, -0.15) is 4.31 Å². The lowest BCUT2D eigenvalue weighted by Gasteiger charge is -2.21. The average molecular weight is 534 g/mol. The third-order valence-electron chi connectivity index (χ3n) is 4.91. The SMILES string of the molecule is O=S(=O)(c1ccc(Cl)cc1)N(Cc1ccccc1)Cc1ccc(C=Nc2ccc(Cl)c(Cl)c2)o1. The van der Waals surface area contributed by atoms with E-state index in [0.29, 0.717) is 32.3 Å². The molecule has 1 aromatic heterocycles. The summed E-state index contributed by atoms with van der Waals surface area (Å²) in [5.41, 5.74) is 1.47. The summed E-state index contributed by atoms with van der Waals surface area (Å²) in [4.78, 5) is 4.49. The molecule has 174 valence electrons. The van der Waals surface area contributed by atoms with Crippen LogP contribution in [0.1, 0.15) is 17.1 Å². The number of rotatable bonds is 8. The van der Waals surface area contributed by atoms with Gasteiger partial charge in [0, 0.05) is 11.6 Å². The highest BCUT2D eigenvalue weighted by Crippen LogP contribution is 2.27. The summed E-state index contributed by atoms with van der Waals surface area (Å²) in [6, 6.07) is 24.0. The Morgan fingerprint density at radius 1 is 0.824 bits per heavy atom. The lowest BCUT2D eigenvalue weighted by molar-refractivity contribution is 0.357. The van der Waals surface area contributed by atoms with Crippen molar-refractivity contribution < 1.29 is 12.8 Å². The number of nitrogens with zero attached hydrogens (tertiary/aromatic N) is 2. The van der Waals surface area contributed by atoms with Crippen LogP contribution in [0.2, 0.25) is 15.1 Å². The van der Waals surface area contributed by atoms with E-state index >= 15 is 0 Å². The van der Waals surface area contributed by atoms with E-state index in [1.54, 1.807) is 42.5 Å². The van der Waals surface area contributed by atoms with Crippen LogP contribution in [0.3, 0.4) is 0 Å². The number of hydrogen-bond acceptors (Lipinski definition) is 4. The average Bonchev–Trinajstić information content (AvgIpc) is 3.28. The maximum absolute atomic E-state index is 13.4. The van der Waals surface area contributed by atoms with Crippen molar-refractivity contribution >= 4 is 56.7 Å². The fourth-order valence-electron chi connectivity index (χ4n) is 3.19. The highest BCUT2D eigenvalue weighted by atomic mass is 35.5. The molecule has 5 nitrogen and oxygen atoms in total. The lowest BCUT2D eigenvalue weighted by Crippen LogP contribution is -2.30. The van der Waals surface area contributed by atoms with Crippen molar-refractivity contribution in [3.63, 3.8) is 0 Å². The van der Waals surface area contributed by atoms with Crippen molar-refractivity contribution in [3.05, 3.63) is 117 Å². The zero-order chi connectivity index (χ0) is 24.1. The summed E-state index contributed by atoms with van der Waals surface area (Å²) in [5, 5.41) is 1.31. The molecule has 0 atom stereocenters. The summed E-state index contributed by atoms with van der Waals surface area (Å²) in [6.45, 7) is 0.222. The standard InChI is InChI=1S/C25H19Cl3N2O3S/c26-19-6-11-23(12-7-19)34(31,32)30(16-18-4-2-1-3-5-18)17-22-10-9-21(33-22)15-29-20-8-13-24(27)25(28)14-20/h1-15H,16-17H2. The Kier molecular flexibility index (Phi) is 7.76. The van der Waals surface area contributed by atoms with Gasteiger partial charge in [0.15, 0.2) is 0 Å². The van der Waals surface area contributed by atoms with Crippen molar-refractivity contribution in [3.8, 4) is 0 Å². The zero-order valence-electron chi connectivity index (χ0n) is 17.7. The van der Waals surface area contributed by atoms with Gasteiger partial charge in [0.2, 0.25) is 10.0 Å². The number of halogens is 3. The second kappa shape index (κ2) is 10.8. The van der Waals surface area contributed by atoms with Crippen molar-refractivity contribution in [2.75, 3.05) is 0 Å². The summed E-state index contributed by atoms with van der Waals surface area (Å²) >= 11 is 17.9. The molecule has 34 heavy (non-hydrogen) atoms. The van der Waals surface area contributed by atoms with Gasteiger partial charge in [0.25, 0.3) is 0 Å². The maximum atomic E-state index is 13.4. The summed E-state index contributed by atoms with van der Waals surface area (Å²) in [7, 11) is -3.82. The van der Waals surface area contributed by atoms with Crippen LogP contribution in [-0.2, 0) is 23.1 Å². The highest BCUT2D eigenvalue weighted by Gasteiger charge is 2.26. The molecular formula is C25H19Cl3N2O3S. The molecule has 0 unspecified atom stereocenters. The first-order valence-electron chi connectivity index (χ1n) is 10.2. The van der Waals surface area contributed by atoms with Gasteiger partial charge in [0.05, 0.1) is 33.4 Å². The molecule has 0 aliphatic heterocycles. The zero-order valence-corrected chi connectivity index (χ0v) is 20.8. The number of hydrogen-bond donors (Lipinski definition) is 0. The van der Waals surface area contributed by atoms with Gasteiger partial charge in [0.1, 0.15) is 11.5 Å². The quantitative estimate of drug-likeness (QED) is 0.222. The molecule has 0 spiro atoms. The Morgan fingerprint density at radius 3 is 2.26 bits per heavy atom. The van der Waals surface area contributed by atoms with E-state index in [2.05, 4.69) is 4.99 Å². The highest BCUT2D eigenvalue weighted by molar-refractivity contribution is 7.89. The molecule has 4 aromatic rings. The van der Waals surface area contributed by atoms with Gasteiger partial charge >= 0.3 is 0 Å². The van der Waals surface area contributed by atoms with Gasteiger partial charge in [-0.1, -0.05) is 65.1 Å². The number of furan rings is 1. The van der Waals surface area contributed by atoms with Crippen LogP contribution in [0, 0.1) is 0 Å². The van der Waals surface area contributed by atoms with E-state index in [0.717, 1.165) is 5.56 Å². The van der Waals surface area contributed by atoms with E-state index in [9.17, 15) is 8.42 Å². The Hall–Kier alpha value is -2.61. The molecule has 0 bridgehead atoms. The molecule has 0 saturated heterocycles. The predicted octanol–water partition coefficient (Wildman–Crippen LogP) is 7.38. The largest absolute Gasteiger partial charge is 0.459 e. The lowest BCUT2D eigenvalue weighted by atomic mass is 10.2. The smallest absolute Gasteiger partial charge is 0.243 e. The summed E-state index contributed by atoms with van der Waals surface area (Å²) < 4.78 is 34.0. The minimum Gasteiger partial charge on any atom is -0.459 e. The first kappa shape index (κ1) is 24.5. The van der Waals surface area contributed by atoms with Crippen molar-refractivity contribution in [2.24, 2.45) is 4.99 Å². The molecule has 0 saturated carbocycles. The topological polar surface area (TPSA) is 62.9 Å². The molecule has 0 radical (unpaired) electrons. The van der Waals surface area contributed by atoms with Crippen molar-refractivity contribution in [1.29, 1.82) is 0 Å². The predicted molar refractivity (Wildman–Crippen MR) is 137 cm³/mol. The fourth-order valence-corrected chi connectivity index (χ4v) is 5.01. The fraction of sp³-hybridized carbons (Fsp3) is 0.0800. The Morgan fingerprint density at radius 2 is 1.56 bits per heavy atom. The van der Waals surface area contributed by atoms with Crippen LogP contribution in [0.5, 0.6) is 0 Å². The van der Waals surface area contributed by atoms with Crippen LogP contribution >= 0.6 is 34.8 Å². The molecular weight excluding hydrogens is 515 g/mol. The van der Waals surface area contributed by atoms with E-state index < -0.39 is 10.0 Å². The second-order valence-electron chi connectivity index (χ2n) is 7.37. The molecule has 0 N–H and O–H groups in total. The van der Waals surface area contributed by atoms with Crippen LogP contribution < -0.4 is 0 Å². The van der Waals surface area contributed by atoms with Gasteiger partial charge < -0.3 is 4.42 Å². The van der Waals surface area contributed by atoms with Crippen molar-refractivity contribution in [1.82, 2.24) is 4.31 Å². The van der Waals surface area contributed by atoms with E-state index in [1.807, 2.05) is 30.3 Å². The third kappa shape index (κ3) is 6.09. The molecule has 0 fully saturated rings. The van der Waals surface area contributed by atoms with Crippen LogP contribution in [0.25, 0.3) is 0 Å². The third-order valence-corrected chi connectivity index (χ3v) is 7.71. The van der Waals surface area contributed by atoms with Gasteiger partial charge in [-0.05, 0) is 60.2 Å². The van der Waals surface area contributed by atoms with E-state index in [1.165, 1.54) is 22.7 Å². The first-order chi connectivity index (χ1) is 16.3. The first-order valence-corrected chi connectivity index (χ1v) is 12.8. The van der Waals surface area contributed by atoms with Crippen molar-refractivity contribution in [2.45, 2.75) is 18.0 Å². The van der Waals surface area contributed by atoms with Crippen LogP contribution in [-0.4, -0.2) is 18.9 Å². The van der Waals surface area contributed by atoms with E-state index in [-0.39, 0.29) is 18.0 Å². The minimum absolute atomic E-state index is 0.0421. The normalized spacial score (nSPS) is 12.0. The molecule has 4 rings (SSSR count). The Labute approximate surface area is 213 Å². The number of sulfonamides is 1. The minimum atomic E-state index is -3.82. The Bertz CT molecular complexity index is 1400. The molecule has 0 aliphatic carbocycles. The Balaban J connectivity index is 1.58. The monoisotopic (exact) mass is 532 g/mol. The van der Waals surface area contributed by atoms with E-state index in [4.69, 9.17) is 39.2 Å². The van der Waals surface area contributed by atoms with Gasteiger partial charge in [-0.15, -0.1) is 0 Å². The van der Waals surface area contributed by atoms with Crippen LogP contribution in [0.15, 0.2) is 99.2 Å². The maximum Gasteiger partial charge on any atom is 0.243 e. The number of benzene rings is 3. The van der Waals surface area contributed by atoms with Crippen LogP contribution in [0.4, 0.5) is 5.69 Å². The molecule has 0 amide bonds. The summed E-state index contributed by atoms with van der Waals surface area (Å²) in [6.07, 6.45) is 1.54. The molecule has 0 aliphatic rings. The second-order valence-corrected chi connectivity index (χ2v) is 10.6. The molecule has 3 aromatic carbocycles. The van der Waals surface area contributed by atoms with Gasteiger partial charge in [-0.25, -0.2) is 8.42 Å². The molecule has 1 heterocycles. The van der Waals surface area contributed by atoms with Gasteiger partial charge in [-0.3, -0.25) is 4.99 Å².